The van der Waals surface area contributed by atoms with Crippen molar-refractivity contribution in [2.24, 2.45) is 0 Å². The molecule has 138 valence electrons. The van der Waals surface area contributed by atoms with Crippen LogP contribution in [0.2, 0.25) is 5.02 Å². The molecule has 0 saturated carbocycles. The molecule has 28 heavy (non-hydrogen) atoms. The smallest absolute Gasteiger partial charge is 0.308 e. The molecule has 0 saturated heterocycles. The largest absolute Gasteiger partial charge is 0.323 e. The van der Waals surface area contributed by atoms with Crippen LogP contribution in [0.15, 0.2) is 79.3 Å². The standard InChI is InChI=1S/C21H16ClN5O/c22-16-4-6-17(7-5-16)25-21(28)26-18-3-1-2-15(12-18)20-19(13-24-27-20)14-8-10-23-11-9-14/h1-13H,(H,24,27)(H2,25,26,28). The molecule has 0 spiro atoms. The number of halogens is 1. The van der Waals surface area contributed by atoms with Crippen LogP contribution < -0.4 is 10.6 Å². The Morgan fingerprint density at radius 1 is 0.893 bits per heavy atom. The maximum absolute atomic E-state index is 12.3. The predicted octanol–water partition coefficient (Wildman–Crippen LogP) is 5.44. The third kappa shape index (κ3) is 4.02. The highest BCUT2D eigenvalue weighted by atomic mass is 35.5. The Bertz CT molecular complexity index is 1090. The average molecular weight is 390 g/mol. The lowest BCUT2D eigenvalue weighted by Crippen LogP contribution is -2.19. The van der Waals surface area contributed by atoms with Crippen LogP contribution in [0.5, 0.6) is 0 Å². The first-order chi connectivity index (χ1) is 13.7. The van der Waals surface area contributed by atoms with Gasteiger partial charge in [0.2, 0.25) is 0 Å². The summed E-state index contributed by atoms with van der Waals surface area (Å²) in [6.07, 6.45) is 5.26. The zero-order valence-electron chi connectivity index (χ0n) is 14.7. The van der Waals surface area contributed by atoms with Crippen molar-refractivity contribution in [3.63, 3.8) is 0 Å². The Morgan fingerprint density at radius 2 is 1.64 bits per heavy atom. The van der Waals surface area contributed by atoms with Crippen LogP contribution in [0.25, 0.3) is 22.4 Å². The molecule has 0 radical (unpaired) electrons. The van der Waals surface area contributed by atoms with Crippen molar-refractivity contribution in [3.8, 4) is 22.4 Å². The van der Waals surface area contributed by atoms with Gasteiger partial charge in [-0.2, -0.15) is 5.10 Å². The maximum atomic E-state index is 12.3. The van der Waals surface area contributed by atoms with Gasteiger partial charge < -0.3 is 10.6 Å². The van der Waals surface area contributed by atoms with Crippen molar-refractivity contribution in [3.05, 3.63) is 84.3 Å². The number of aromatic amines is 1. The summed E-state index contributed by atoms with van der Waals surface area (Å²) >= 11 is 5.86. The highest BCUT2D eigenvalue weighted by Gasteiger charge is 2.11. The Morgan fingerprint density at radius 3 is 2.43 bits per heavy atom. The van der Waals surface area contributed by atoms with Crippen molar-refractivity contribution in [1.29, 1.82) is 0 Å². The van der Waals surface area contributed by atoms with Crippen LogP contribution in [0.3, 0.4) is 0 Å². The number of anilines is 2. The van der Waals surface area contributed by atoms with Crippen molar-refractivity contribution < 1.29 is 4.79 Å². The molecule has 4 aromatic rings. The van der Waals surface area contributed by atoms with E-state index in [0.29, 0.717) is 16.4 Å². The fourth-order valence-electron chi connectivity index (χ4n) is 2.84. The normalized spacial score (nSPS) is 10.5. The molecule has 3 N–H and O–H groups in total. The lowest BCUT2D eigenvalue weighted by Gasteiger charge is -2.09. The lowest BCUT2D eigenvalue weighted by molar-refractivity contribution is 0.262. The molecule has 0 fully saturated rings. The summed E-state index contributed by atoms with van der Waals surface area (Å²) in [5.41, 5.74) is 5.08. The molecule has 0 aliphatic rings. The van der Waals surface area contributed by atoms with E-state index in [1.54, 1.807) is 42.9 Å². The fourth-order valence-corrected chi connectivity index (χ4v) is 2.96. The minimum absolute atomic E-state index is 0.335. The lowest BCUT2D eigenvalue weighted by atomic mass is 10.0. The van der Waals surface area contributed by atoms with Crippen LogP contribution in [0.1, 0.15) is 0 Å². The van der Waals surface area contributed by atoms with E-state index in [2.05, 4.69) is 25.8 Å². The van der Waals surface area contributed by atoms with E-state index < -0.39 is 0 Å². The first kappa shape index (κ1) is 17.8. The molecular formula is C21H16ClN5O. The number of hydrogen-bond donors (Lipinski definition) is 3. The number of H-pyrrole nitrogens is 1. The number of aromatic nitrogens is 3. The van der Waals surface area contributed by atoms with Gasteiger partial charge in [-0.1, -0.05) is 23.7 Å². The second-order valence-corrected chi connectivity index (χ2v) is 6.50. The monoisotopic (exact) mass is 389 g/mol. The Balaban J connectivity index is 1.53. The molecule has 0 aliphatic heterocycles. The number of pyridine rings is 1. The topological polar surface area (TPSA) is 82.7 Å². The number of rotatable bonds is 4. The number of carbonyl (C=O) groups excluding carboxylic acids is 1. The Kier molecular flexibility index (Phi) is 5.03. The number of benzene rings is 2. The number of hydrogen-bond acceptors (Lipinski definition) is 3. The van der Waals surface area contributed by atoms with Crippen LogP contribution >= 0.6 is 11.6 Å². The molecule has 0 unspecified atom stereocenters. The third-order valence-electron chi connectivity index (χ3n) is 4.14. The van der Waals surface area contributed by atoms with Crippen molar-refractivity contribution in [1.82, 2.24) is 15.2 Å². The molecule has 2 aromatic heterocycles. The average Bonchev–Trinajstić information content (AvgIpc) is 3.20. The van der Waals surface area contributed by atoms with Gasteiger partial charge in [-0.3, -0.25) is 10.1 Å². The summed E-state index contributed by atoms with van der Waals surface area (Å²) in [5, 5.41) is 13.4. The van der Waals surface area contributed by atoms with Crippen molar-refractivity contribution in [2.75, 3.05) is 10.6 Å². The molecule has 7 heteroatoms. The van der Waals surface area contributed by atoms with Gasteiger partial charge in [0.15, 0.2) is 0 Å². The van der Waals surface area contributed by atoms with Crippen LogP contribution in [-0.2, 0) is 0 Å². The zero-order chi connectivity index (χ0) is 19.3. The highest BCUT2D eigenvalue weighted by Crippen LogP contribution is 2.31. The number of amides is 2. The minimum Gasteiger partial charge on any atom is -0.308 e. The van der Waals surface area contributed by atoms with Crippen molar-refractivity contribution in [2.45, 2.75) is 0 Å². The molecule has 2 heterocycles. The second-order valence-electron chi connectivity index (χ2n) is 6.06. The number of nitrogens with zero attached hydrogens (tertiary/aromatic N) is 2. The van der Waals surface area contributed by atoms with Gasteiger partial charge in [-0.05, 0) is 54.1 Å². The minimum atomic E-state index is -0.335. The molecule has 4 rings (SSSR count). The fraction of sp³-hybridized carbons (Fsp3) is 0. The molecule has 0 aliphatic carbocycles. The van der Waals surface area contributed by atoms with Crippen LogP contribution in [-0.4, -0.2) is 21.2 Å². The van der Waals surface area contributed by atoms with Gasteiger partial charge in [0, 0.05) is 39.9 Å². The summed E-state index contributed by atoms with van der Waals surface area (Å²) in [6.45, 7) is 0. The molecule has 6 nitrogen and oxygen atoms in total. The van der Waals surface area contributed by atoms with Crippen molar-refractivity contribution >= 4 is 29.0 Å². The second kappa shape index (κ2) is 7.94. The van der Waals surface area contributed by atoms with E-state index in [0.717, 1.165) is 22.4 Å². The number of urea groups is 1. The molecule has 0 atom stereocenters. The summed E-state index contributed by atoms with van der Waals surface area (Å²) in [5.74, 6) is 0. The number of carbonyl (C=O) groups is 1. The Hall–Kier alpha value is -3.64. The van der Waals surface area contributed by atoms with E-state index >= 15 is 0 Å². The van der Waals surface area contributed by atoms with Gasteiger partial charge in [-0.25, -0.2) is 4.79 Å². The van der Waals surface area contributed by atoms with Gasteiger partial charge >= 0.3 is 6.03 Å². The van der Waals surface area contributed by atoms with Gasteiger partial charge in [-0.15, -0.1) is 0 Å². The van der Waals surface area contributed by atoms with Gasteiger partial charge in [0.25, 0.3) is 0 Å². The molecule has 2 aromatic carbocycles. The first-order valence-corrected chi connectivity index (χ1v) is 8.94. The quantitative estimate of drug-likeness (QED) is 0.434. The van der Waals surface area contributed by atoms with Gasteiger partial charge in [0.05, 0.1) is 11.9 Å². The van der Waals surface area contributed by atoms with E-state index in [1.165, 1.54) is 0 Å². The third-order valence-corrected chi connectivity index (χ3v) is 4.39. The number of nitrogens with one attached hydrogen (secondary N) is 3. The zero-order valence-corrected chi connectivity index (χ0v) is 15.4. The van der Waals surface area contributed by atoms with E-state index in [4.69, 9.17) is 11.6 Å². The van der Waals surface area contributed by atoms with Crippen LogP contribution in [0, 0.1) is 0 Å². The first-order valence-electron chi connectivity index (χ1n) is 8.57. The van der Waals surface area contributed by atoms with Gasteiger partial charge in [0.1, 0.15) is 0 Å². The Labute approximate surface area is 166 Å². The highest BCUT2D eigenvalue weighted by molar-refractivity contribution is 6.30. The summed E-state index contributed by atoms with van der Waals surface area (Å²) in [7, 11) is 0. The molecule has 2 amide bonds. The maximum Gasteiger partial charge on any atom is 0.323 e. The van der Waals surface area contributed by atoms with Crippen LogP contribution in [0.4, 0.5) is 16.2 Å². The summed E-state index contributed by atoms with van der Waals surface area (Å²) < 4.78 is 0. The molecular weight excluding hydrogens is 374 g/mol. The molecule has 0 bridgehead atoms. The van der Waals surface area contributed by atoms with E-state index in [9.17, 15) is 4.79 Å². The summed E-state index contributed by atoms with van der Waals surface area (Å²) in [6, 6.07) is 18.0. The predicted molar refractivity (Wildman–Crippen MR) is 111 cm³/mol. The summed E-state index contributed by atoms with van der Waals surface area (Å²) in [4.78, 5) is 16.3. The van der Waals surface area contributed by atoms with E-state index in [-0.39, 0.29) is 6.03 Å². The van der Waals surface area contributed by atoms with E-state index in [1.807, 2.05) is 36.4 Å². The SMILES string of the molecule is O=C(Nc1ccc(Cl)cc1)Nc1cccc(-c2[nH]ncc2-c2ccncc2)c1.